The van der Waals surface area contributed by atoms with Gasteiger partial charge in [-0.1, -0.05) is 15.9 Å². The molecule has 0 aromatic heterocycles. The molecule has 0 fully saturated rings. The number of hydrogen-bond donors (Lipinski definition) is 1. The van der Waals surface area contributed by atoms with E-state index < -0.39 is 12.1 Å². The molecular formula is C11H11BrO4. The zero-order chi connectivity index (χ0) is 12.3. The number of ether oxygens (including phenoxy) is 1. The fourth-order valence-electron chi connectivity index (χ4n) is 1.12. The molecule has 0 radical (unpaired) electrons. The average molecular weight is 287 g/mol. The molecule has 0 unspecified atom stereocenters. The van der Waals surface area contributed by atoms with Gasteiger partial charge in [0.25, 0.3) is 0 Å². The fraction of sp³-hybridized carbons (Fsp3) is 0.273. The van der Waals surface area contributed by atoms with Gasteiger partial charge in [-0.15, -0.1) is 0 Å². The highest BCUT2D eigenvalue weighted by Gasteiger charge is 2.16. The molecule has 0 spiro atoms. The summed E-state index contributed by atoms with van der Waals surface area (Å²) in [4.78, 5) is 22.0. The second kappa shape index (κ2) is 5.12. The topological polar surface area (TPSA) is 63.6 Å². The molecule has 1 rings (SSSR count). The van der Waals surface area contributed by atoms with Gasteiger partial charge in [0.05, 0.1) is 5.56 Å². The van der Waals surface area contributed by atoms with Crippen LogP contribution in [0.4, 0.5) is 0 Å². The Morgan fingerprint density at radius 2 is 2.06 bits per heavy atom. The van der Waals surface area contributed by atoms with Gasteiger partial charge in [0.1, 0.15) is 5.75 Å². The molecule has 4 nitrogen and oxygen atoms in total. The molecule has 0 aliphatic rings. The minimum Gasteiger partial charge on any atom is -0.479 e. The molecule has 0 saturated heterocycles. The van der Waals surface area contributed by atoms with E-state index in [-0.39, 0.29) is 11.5 Å². The van der Waals surface area contributed by atoms with Crippen LogP contribution in [0.25, 0.3) is 0 Å². The number of rotatable bonds is 4. The zero-order valence-corrected chi connectivity index (χ0v) is 10.4. The predicted molar refractivity (Wildman–Crippen MR) is 61.9 cm³/mol. The summed E-state index contributed by atoms with van der Waals surface area (Å²) in [5.41, 5.74) is 0.363. The third-order valence-electron chi connectivity index (χ3n) is 1.97. The van der Waals surface area contributed by atoms with E-state index in [1.165, 1.54) is 13.8 Å². The van der Waals surface area contributed by atoms with Crippen LogP contribution in [0.2, 0.25) is 0 Å². The molecule has 16 heavy (non-hydrogen) atoms. The summed E-state index contributed by atoms with van der Waals surface area (Å²) in [5.74, 6) is -0.961. The number of Topliss-reactive ketones (excluding diaryl/α,β-unsaturated/α-hetero) is 1. The van der Waals surface area contributed by atoms with Crippen LogP contribution in [0.15, 0.2) is 22.7 Å². The van der Waals surface area contributed by atoms with Crippen LogP contribution in [-0.4, -0.2) is 23.0 Å². The van der Waals surface area contributed by atoms with E-state index in [4.69, 9.17) is 9.84 Å². The Kier molecular flexibility index (Phi) is 4.06. The first-order valence-corrected chi connectivity index (χ1v) is 5.41. The van der Waals surface area contributed by atoms with Crippen LogP contribution in [0, 0.1) is 0 Å². The van der Waals surface area contributed by atoms with Crippen molar-refractivity contribution in [3.05, 3.63) is 28.2 Å². The van der Waals surface area contributed by atoms with Gasteiger partial charge in [-0.05, 0) is 32.0 Å². The average Bonchev–Trinajstić information content (AvgIpc) is 2.20. The molecule has 1 aromatic carbocycles. The van der Waals surface area contributed by atoms with E-state index in [0.717, 1.165) is 4.47 Å². The van der Waals surface area contributed by atoms with Crippen LogP contribution < -0.4 is 4.74 Å². The van der Waals surface area contributed by atoms with Crippen LogP contribution >= 0.6 is 15.9 Å². The summed E-state index contributed by atoms with van der Waals surface area (Å²) in [6, 6.07) is 4.86. The second-order valence-corrected chi connectivity index (χ2v) is 4.21. The smallest absolute Gasteiger partial charge is 0.344 e. The van der Waals surface area contributed by atoms with Gasteiger partial charge < -0.3 is 9.84 Å². The number of hydrogen-bond acceptors (Lipinski definition) is 3. The minimum absolute atomic E-state index is 0.172. The number of benzene rings is 1. The molecule has 0 bridgehead atoms. The van der Waals surface area contributed by atoms with Gasteiger partial charge in [0.2, 0.25) is 0 Å². The van der Waals surface area contributed by atoms with Crippen molar-refractivity contribution in [3.8, 4) is 5.75 Å². The predicted octanol–water partition coefficient (Wildman–Crippen LogP) is 2.50. The Balaban J connectivity index is 3.04. The molecular weight excluding hydrogens is 276 g/mol. The van der Waals surface area contributed by atoms with Crippen molar-refractivity contribution < 1.29 is 19.4 Å². The number of aliphatic carboxylic acids is 1. The first-order valence-electron chi connectivity index (χ1n) is 4.61. The lowest BCUT2D eigenvalue weighted by molar-refractivity contribution is -0.144. The molecule has 0 aliphatic carbocycles. The molecule has 1 N–H and O–H groups in total. The molecule has 0 saturated carbocycles. The maximum Gasteiger partial charge on any atom is 0.344 e. The third-order valence-corrected chi connectivity index (χ3v) is 2.47. The van der Waals surface area contributed by atoms with Crippen molar-refractivity contribution in [1.82, 2.24) is 0 Å². The van der Waals surface area contributed by atoms with E-state index in [1.54, 1.807) is 18.2 Å². The molecule has 86 valence electrons. The zero-order valence-electron chi connectivity index (χ0n) is 8.86. The number of carboxylic acid groups (broad SMARTS) is 1. The highest BCUT2D eigenvalue weighted by molar-refractivity contribution is 9.10. The largest absolute Gasteiger partial charge is 0.479 e. The maximum absolute atomic E-state index is 11.3. The Labute approximate surface area is 101 Å². The first-order chi connectivity index (χ1) is 7.41. The first kappa shape index (κ1) is 12.7. The van der Waals surface area contributed by atoms with Crippen LogP contribution in [-0.2, 0) is 4.79 Å². The Morgan fingerprint density at radius 1 is 1.44 bits per heavy atom. The summed E-state index contributed by atoms with van der Waals surface area (Å²) in [7, 11) is 0. The van der Waals surface area contributed by atoms with Crippen molar-refractivity contribution in [3.63, 3.8) is 0 Å². The summed E-state index contributed by atoms with van der Waals surface area (Å²) in [6.07, 6.45) is -0.987. The number of carboxylic acids is 1. The molecule has 0 heterocycles. The van der Waals surface area contributed by atoms with Crippen LogP contribution in [0.5, 0.6) is 5.75 Å². The summed E-state index contributed by atoms with van der Waals surface area (Å²) < 4.78 is 5.93. The second-order valence-electron chi connectivity index (χ2n) is 3.29. The summed E-state index contributed by atoms with van der Waals surface area (Å²) >= 11 is 3.24. The van der Waals surface area contributed by atoms with Gasteiger partial charge in [-0.2, -0.15) is 0 Å². The maximum atomic E-state index is 11.3. The summed E-state index contributed by atoms with van der Waals surface area (Å²) in [5, 5.41) is 8.71. The Hall–Kier alpha value is -1.36. The Bertz CT molecular complexity index is 428. The number of carbonyl (C=O) groups is 2. The molecule has 5 heteroatoms. The lowest BCUT2D eigenvalue weighted by atomic mass is 10.1. The number of carbonyl (C=O) groups excluding carboxylic acids is 1. The quantitative estimate of drug-likeness (QED) is 0.864. The van der Waals surface area contributed by atoms with Crippen molar-refractivity contribution in [2.45, 2.75) is 20.0 Å². The van der Waals surface area contributed by atoms with Crippen molar-refractivity contribution in [2.24, 2.45) is 0 Å². The van der Waals surface area contributed by atoms with Gasteiger partial charge in [0.15, 0.2) is 11.9 Å². The van der Waals surface area contributed by atoms with Crippen molar-refractivity contribution in [2.75, 3.05) is 0 Å². The SMILES string of the molecule is CC(=O)c1cc(Br)ccc1O[C@@H](C)C(=O)O. The molecule has 0 aliphatic heterocycles. The normalized spacial score (nSPS) is 11.9. The molecule has 1 aromatic rings. The number of ketones is 1. The number of halogens is 1. The van der Waals surface area contributed by atoms with E-state index in [2.05, 4.69) is 15.9 Å². The van der Waals surface area contributed by atoms with E-state index >= 15 is 0 Å². The van der Waals surface area contributed by atoms with Gasteiger partial charge >= 0.3 is 5.97 Å². The summed E-state index contributed by atoms with van der Waals surface area (Å²) in [6.45, 7) is 2.81. The van der Waals surface area contributed by atoms with E-state index in [9.17, 15) is 9.59 Å². The van der Waals surface area contributed by atoms with Gasteiger partial charge in [-0.25, -0.2) is 4.79 Å². The van der Waals surface area contributed by atoms with Gasteiger partial charge in [-0.3, -0.25) is 4.79 Å². The molecule has 1 atom stereocenters. The van der Waals surface area contributed by atoms with Crippen LogP contribution in [0.1, 0.15) is 24.2 Å². The molecule has 0 amide bonds. The highest BCUT2D eigenvalue weighted by Crippen LogP contribution is 2.24. The van der Waals surface area contributed by atoms with Crippen molar-refractivity contribution in [1.29, 1.82) is 0 Å². The highest BCUT2D eigenvalue weighted by atomic mass is 79.9. The minimum atomic E-state index is -1.07. The lowest BCUT2D eigenvalue weighted by Gasteiger charge is -2.13. The van der Waals surface area contributed by atoms with Crippen molar-refractivity contribution >= 4 is 27.7 Å². The fourth-order valence-corrected chi connectivity index (χ4v) is 1.48. The van der Waals surface area contributed by atoms with Gasteiger partial charge in [0, 0.05) is 4.47 Å². The monoisotopic (exact) mass is 286 g/mol. The standard InChI is InChI=1S/C11H11BrO4/c1-6(13)9-5-8(12)3-4-10(9)16-7(2)11(14)15/h3-5,7H,1-2H3,(H,14,15)/t7-/m0/s1. The van der Waals surface area contributed by atoms with E-state index in [0.29, 0.717) is 5.56 Å². The Morgan fingerprint density at radius 3 is 2.56 bits per heavy atom. The lowest BCUT2D eigenvalue weighted by Crippen LogP contribution is -2.23. The van der Waals surface area contributed by atoms with E-state index in [1.807, 2.05) is 0 Å². The van der Waals surface area contributed by atoms with Crippen LogP contribution in [0.3, 0.4) is 0 Å². The third kappa shape index (κ3) is 3.06.